The van der Waals surface area contributed by atoms with Crippen LogP contribution in [0.1, 0.15) is 31.9 Å². The van der Waals surface area contributed by atoms with Crippen LogP contribution in [0.15, 0.2) is 41.0 Å². The number of hydrogen-bond acceptors (Lipinski definition) is 6. The average molecular weight is 359 g/mol. The molecule has 0 amide bonds. The van der Waals surface area contributed by atoms with Crippen molar-refractivity contribution in [2.75, 3.05) is 20.3 Å². The van der Waals surface area contributed by atoms with Crippen LogP contribution in [0.25, 0.3) is 11.5 Å². The minimum absolute atomic E-state index is 0.296. The van der Waals surface area contributed by atoms with Crippen LogP contribution in [0.2, 0.25) is 0 Å². The molecule has 0 atom stereocenters. The third kappa shape index (κ3) is 4.51. The molecule has 1 aliphatic rings. The van der Waals surface area contributed by atoms with Crippen LogP contribution in [0, 0.1) is 5.92 Å². The van der Waals surface area contributed by atoms with Crippen molar-refractivity contribution >= 4 is 5.97 Å². The van der Waals surface area contributed by atoms with E-state index in [0.29, 0.717) is 25.0 Å². The molecule has 3 rings (SSSR count). The highest BCUT2D eigenvalue weighted by atomic mass is 16.7. The Morgan fingerprint density at radius 3 is 2.65 bits per heavy atom. The molecule has 6 nitrogen and oxygen atoms in total. The van der Waals surface area contributed by atoms with Gasteiger partial charge in [0.1, 0.15) is 6.26 Å². The molecule has 0 unspecified atom stereocenters. The van der Waals surface area contributed by atoms with E-state index in [9.17, 15) is 4.79 Å². The number of esters is 1. The molecule has 0 N–H and O–H groups in total. The number of oxazole rings is 1. The fraction of sp³-hybridized carbons (Fsp3) is 0.500. The first-order valence-corrected chi connectivity index (χ1v) is 8.97. The highest BCUT2D eigenvalue weighted by Crippen LogP contribution is 2.26. The monoisotopic (exact) mass is 359 g/mol. The van der Waals surface area contributed by atoms with Gasteiger partial charge in [0.2, 0.25) is 5.89 Å². The van der Waals surface area contributed by atoms with Crippen LogP contribution < -0.4 is 0 Å². The summed E-state index contributed by atoms with van der Waals surface area (Å²) in [5.41, 5.74) is 1.96. The van der Waals surface area contributed by atoms with Crippen molar-refractivity contribution in [3.63, 3.8) is 0 Å². The highest BCUT2D eigenvalue weighted by molar-refractivity contribution is 5.77. The molecule has 26 heavy (non-hydrogen) atoms. The summed E-state index contributed by atoms with van der Waals surface area (Å²) in [5.74, 6) is -0.794. The predicted octanol–water partition coefficient (Wildman–Crippen LogP) is 3.61. The normalized spacial score (nSPS) is 22.9. The predicted molar refractivity (Wildman–Crippen MR) is 95.3 cm³/mol. The zero-order chi connectivity index (χ0) is 18.4. The van der Waals surface area contributed by atoms with Crippen molar-refractivity contribution in [2.45, 2.75) is 38.4 Å². The Kier molecular flexibility index (Phi) is 6.06. The number of carbonyl (C=O) groups is 1. The summed E-state index contributed by atoms with van der Waals surface area (Å²) in [4.78, 5) is 16.2. The quantitative estimate of drug-likeness (QED) is 0.556. The third-order valence-corrected chi connectivity index (χ3v) is 4.61. The summed E-state index contributed by atoms with van der Waals surface area (Å²) in [6.45, 7) is 2.62. The van der Waals surface area contributed by atoms with E-state index in [0.717, 1.165) is 36.9 Å². The van der Waals surface area contributed by atoms with Crippen LogP contribution in [-0.2, 0) is 25.4 Å². The zero-order valence-electron chi connectivity index (χ0n) is 15.3. The van der Waals surface area contributed by atoms with Crippen LogP contribution in [-0.4, -0.2) is 37.1 Å². The van der Waals surface area contributed by atoms with Gasteiger partial charge < -0.3 is 18.6 Å². The second-order valence-corrected chi connectivity index (χ2v) is 6.68. The molecule has 1 aliphatic heterocycles. The Balaban J connectivity index is 1.38. The zero-order valence-corrected chi connectivity index (χ0v) is 15.3. The standard InChI is InChI=1S/C20H25NO5/c1-20(19(22)23-2)25-12-15(13-26-20)8-6-7-11-17-14-24-18(21-17)16-9-4-3-5-10-16/h3-5,9-10,14-15H,6-8,11-13H2,1-2H3. The largest absolute Gasteiger partial charge is 0.465 e. The van der Waals surface area contributed by atoms with Crippen LogP contribution in [0.3, 0.4) is 0 Å². The Morgan fingerprint density at radius 1 is 1.23 bits per heavy atom. The number of aryl methyl sites for hydroxylation is 1. The molecule has 2 aromatic rings. The number of rotatable bonds is 7. The van der Waals surface area contributed by atoms with Crippen molar-refractivity contribution < 1.29 is 23.4 Å². The SMILES string of the molecule is COC(=O)C1(C)OCC(CCCCc2coc(-c3ccccc3)n2)CO1. The molecule has 0 radical (unpaired) electrons. The van der Waals surface area contributed by atoms with Gasteiger partial charge in [-0.15, -0.1) is 0 Å². The maximum Gasteiger partial charge on any atom is 0.366 e. The Hall–Kier alpha value is -2.18. The number of benzene rings is 1. The second kappa shape index (κ2) is 8.47. The lowest BCUT2D eigenvalue weighted by atomic mass is 10.0. The molecule has 1 fully saturated rings. The van der Waals surface area contributed by atoms with Gasteiger partial charge >= 0.3 is 5.97 Å². The molecule has 0 saturated carbocycles. The van der Waals surface area contributed by atoms with Gasteiger partial charge in [-0.3, -0.25) is 0 Å². The maximum atomic E-state index is 11.6. The minimum atomic E-state index is -1.26. The number of aromatic nitrogens is 1. The van der Waals surface area contributed by atoms with E-state index in [1.54, 1.807) is 13.2 Å². The second-order valence-electron chi connectivity index (χ2n) is 6.68. The van der Waals surface area contributed by atoms with Crippen molar-refractivity contribution in [1.82, 2.24) is 4.98 Å². The summed E-state index contributed by atoms with van der Waals surface area (Å²) >= 11 is 0. The molecule has 1 aromatic heterocycles. The molecule has 0 aliphatic carbocycles. The first kappa shape index (κ1) is 18.6. The summed E-state index contributed by atoms with van der Waals surface area (Å²) < 4.78 is 21.4. The Bertz CT molecular complexity index is 704. The minimum Gasteiger partial charge on any atom is -0.465 e. The van der Waals surface area contributed by atoms with Crippen molar-refractivity contribution in [3.05, 3.63) is 42.3 Å². The number of carbonyl (C=O) groups excluding carboxylic acids is 1. The van der Waals surface area contributed by atoms with E-state index in [1.165, 1.54) is 7.11 Å². The van der Waals surface area contributed by atoms with Gasteiger partial charge in [-0.25, -0.2) is 9.78 Å². The van der Waals surface area contributed by atoms with Crippen LogP contribution in [0.5, 0.6) is 0 Å². The van der Waals surface area contributed by atoms with Gasteiger partial charge in [0.25, 0.3) is 5.79 Å². The van der Waals surface area contributed by atoms with Gasteiger partial charge in [0.15, 0.2) is 0 Å². The molecule has 0 bridgehead atoms. The average Bonchev–Trinajstić information content (AvgIpc) is 3.16. The molecule has 0 spiro atoms. The van der Waals surface area contributed by atoms with Crippen LogP contribution >= 0.6 is 0 Å². The third-order valence-electron chi connectivity index (χ3n) is 4.61. The smallest absolute Gasteiger partial charge is 0.366 e. The number of ether oxygens (including phenoxy) is 3. The topological polar surface area (TPSA) is 70.8 Å². The molecule has 1 saturated heterocycles. The van der Waals surface area contributed by atoms with Gasteiger partial charge in [-0.1, -0.05) is 24.6 Å². The number of hydrogen-bond donors (Lipinski definition) is 0. The number of methoxy groups -OCH3 is 1. The van der Waals surface area contributed by atoms with Crippen molar-refractivity contribution in [1.29, 1.82) is 0 Å². The fourth-order valence-electron chi connectivity index (χ4n) is 2.99. The summed E-state index contributed by atoms with van der Waals surface area (Å²) in [6.07, 6.45) is 5.66. The molecule has 1 aromatic carbocycles. The van der Waals surface area contributed by atoms with Gasteiger partial charge in [0.05, 0.1) is 26.0 Å². The van der Waals surface area contributed by atoms with Gasteiger partial charge in [-0.05, 0) is 31.4 Å². The molecule has 6 heteroatoms. The fourth-order valence-corrected chi connectivity index (χ4v) is 2.99. The van der Waals surface area contributed by atoms with Crippen molar-refractivity contribution in [3.8, 4) is 11.5 Å². The summed E-state index contributed by atoms with van der Waals surface area (Å²) in [5, 5.41) is 0. The molecular weight excluding hydrogens is 334 g/mol. The Labute approximate surface area is 153 Å². The molecule has 140 valence electrons. The van der Waals surface area contributed by atoms with E-state index in [4.69, 9.17) is 18.6 Å². The lowest BCUT2D eigenvalue weighted by Crippen LogP contribution is -2.48. The van der Waals surface area contributed by atoms with E-state index in [1.807, 2.05) is 30.3 Å². The summed E-state index contributed by atoms with van der Waals surface area (Å²) in [7, 11) is 1.33. The Morgan fingerprint density at radius 2 is 1.96 bits per heavy atom. The first-order valence-electron chi connectivity index (χ1n) is 8.97. The lowest BCUT2D eigenvalue weighted by Gasteiger charge is -2.35. The van der Waals surface area contributed by atoms with E-state index >= 15 is 0 Å². The van der Waals surface area contributed by atoms with Crippen LogP contribution in [0.4, 0.5) is 0 Å². The first-order chi connectivity index (χ1) is 12.6. The van der Waals surface area contributed by atoms with Crippen molar-refractivity contribution in [2.24, 2.45) is 5.92 Å². The van der Waals surface area contributed by atoms with E-state index in [-0.39, 0.29) is 0 Å². The molecular formula is C20H25NO5. The highest BCUT2D eigenvalue weighted by Gasteiger charge is 2.41. The lowest BCUT2D eigenvalue weighted by molar-refractivity contribution is -0.272. The number of unbranched alkanes of at least 4 members (excludes halogenated alkanes) is 1. The number of nitrogens with zero attached hydrogens (tertiary/aromatic N) is 1. The maximum absolute atomic E-state index is 11.6. The summed E-state index contributed by atoms with van der Waals surface area (Å²) in [6, 6.07) is 9.89. The molecule has 2 heterocycles. The van der Waals surface area contributed by atoms with E-state index in [2.05, 4.69) is 4.98 Å². The van der Waals surface area contributed by atoms with E-state index < -0.39 is 11.8 Å². The van der Waals surface area contributed by atoms with Gasteiger partial charge in [-0.2, -0.15) is 0 Å². The van der Waals surface area contributed by atoms with Gasteiger partial charge in [0, 0.05) is 18.4 Å².